The lowest BCUT2D eigenvalue weighted by Crippen LogP contribution is -2.45. The van der Waals surface area contributed by atoms with E-state index >= 15 is 0 Å². The van der Waals surface area contributed by atoms with E-state index in [4.69, 9.17) is 0 Å². The molecule has 0 aliphatic carbocycles. The molecule has 1 saturated heterocycles. The van der Waals surface area contributed by atoms with Crippen molar-refractivity contribution in [3.8, 4) is 5.69 Å². The number of hydrogen-bond acceptors (Lipinski definition) is 2. The summed E-state index contributed by atoms with van der Waals surface area (Å²) < 4.78 is 2.14. The molecule has 0 saturated carbocycles. The van der Waals surface area contributed by atoms with Crippen molar-refractivity contribution in [3.63, 3.8) is 0 Å². The molecule has 0 spiro atoms. The van der Waals surface area contributed by atoms with Gasteiger partial charge in [0.25, 0.3) is 5.91 Å². The summed E-state index contributed by atoms with van der Waals surface area (Å²) in [5.74, 6) is 0.280. The van der Waals surface area contributed by atoms with E-state index in [-0.39, 0.29) is 11.8 Å². The summed E-state index contributed by atoms with van der Waals surface area (Å²) in [4.78, 5) is 14.7. The molecule has 0 unspecified atom stereocenters. The maximum atomic E-state index is 13.0. The molecule has 1 amide bonds. The van der Waals surface area contributed by atoms with Crippen LogP contribution in [0.5, 0.6) is 0 Å². The second-order valence-electron chi connectivity index (χ2n) is 6.99. The van der Waals surface area contributed by atoms with Gasteiger partial charge in [0.15, 0.2) is 0 Å². The number of aliphatic hydroxyl groups is 1. The van der Waals surface area contributed by atoms with Crippen molar-refractivity contribution in [2.45, 2.75) is 40.2 Å². The first-order valence-electron chi connectivity index (χ1n) is 8.62. The second-order valence-corrected chi connectivity index (χ2v) is 6.99. The largest absolute Gasteiger partial charge is 0.391 e. The number of carbonyl (C=O) groups excluding carboxylic acids is 1. The normalized spacial score (nSPS) is 21.1. The first-order valence-corrected chi connectivity index (χ1v) is 8.62. The molecule has 1 aromatic carbocycles. The van der Waals surface area contributed by atoms with E-state index in [2.05, 4.69) is 23.6 Å². The minimum absolute atomic E-state index is 0.0221. The van der Waals surface area contributed by atoms with E-state index in [9.17, 15) is 9.90 Å². The van der Waals surface area contributed by atoms with Gasteiger partial charge in [-0.25, -0.2) is 0 Å². The predicted molar refractivity (Wildman–Crippen MR) is 95.7 cm³/mol. The Labute approximate surface area is 143 Å². The average molecular weight is 326 g/mol. The van der Waals surface area contributed by atoms with Gasteiger partial charge in [-0.05, 0) is 50.8 Å². The van der Waals surface area contributed by atoms with Gasteiger partial charge < -0.3 is 14.6 Å². The number of hydrogen-bond donors (Lipinski definition) is 1. The molecule has 0 radical (unpaired) electrons. The van der Waals surface area contributed by atoms with Crippen molar-refractivity contribution in [2.24, 2.45) is 5.92 Å². The Hall–Kier alpha value is -2.07. The van der Waals surface area contributed by atoms with Crippen LogP contribution in [0, 0.1) is 26.7 Å². The van der Waals surface area contributed by atoms with Crippen molar-refractivity contribution < 1.29 is 9.90 Å². The Bertz CT molecular complexity index is 763. The van der Waals surface area contributed by atoms with E-state index in [0.717, 1.165) is 29.1 Å². The zero-order chi connectivity index (χ0) is 17.4. The molecule has 24 heavy (non-hydrogen) atoms. The Balaban J connectivity index is 1.95. The van der Waals surface area contributed by atoms with Crippen LogP contribution in [-0.4, -0.2) is 39.7 Å². The molecule has 1 aliphatic heterocycles. The van der Waals surface area contributed by atoms with Crippen molar-refractivity contribution in [1.29, 1.82) is 0 Å². The summed E-state index contributed by atoms with van der Waals surface area (Å²) in [6.07, 6.45) is 0.422. The molecule has 2 aromatic rings. The van der Waals surface area contributed by atoms with Crippen LogP contribution in [0.1, 0.15) is 40.7 Å². The summed E-state index contributed by atoms with van der Waals surface area (Å²) >= 11 is 0. The van der Waals surface area contributed by atoms with Gasteiger partial charge in [0.1, 0.15) is 0 Å². The summed E-state index contributed by atoms with van der Waals surface area (Å²) in [6, 6.07) is 10.2. The topological polar surface area (TPSA) is 45.5 Å². The van der Waals surface area contributed by atoms with Crippen molar-refractivity contribution in [3.05, 3.63) is 52.8 Å². The fourth-order valence-electron chi connectivity index (χ4n) is 3.57. The zero-order valence-corrected chi connectivity index (χ0v) is 14.9. The molecular formula is C20H26N2O2. The van der Waals surface area contributed by atoms with Crippen LogP contribution in [0.2, 0.25) is 0 Å². The SMILES string of the molecule is Cc1ccccc1-n1c(C)cc(C(=O)N2CC[C@H](C)[C@@H](O)C2)c1C. The molecule has 0 bridgehead atoms. The number of amides is 1. The van der Waals surface area contributed by atoms with Gasteiger partial charge in [0, 0.05) is 30.2 Å². The number of benzene rings is 1. The highest BCUT2D eigenvalue weighted by molar-refractivity contribution is 5.96. The molecule has 1 N–H and O–H groups in total. The summed E-state index contributed by atoms with van der Waals surface area (Å²) in [5, 5.41) is 10.1. The van der Waals surface area contributed by atoms with Crippen LogP contribution in [-0.2, 0) is 0 Å². The molecule has 128 valence electrons. The van der Waals surface area contributed by atoms with Gasteiger partial charge in [0.05, 0.1) is 11.7 Å². The van der Waals surface area contributed by atoms with E-state index in [0.29, 0.717) is 13.1 Å². The van der Waals surface area contributed by atoms with Crippen molar-refractivity contribution >= 4 is 5.91 Å². The zero-order valence-electron chi connectivity index (χ0n) is 14.9. The third-order valence-electron chi connectivity index (χ3n) is 5.22. The number of nitrogens with zero attached hydrogens (tertiary/aromatic N) is 2. The quantitative estimate of drug-likeness (QED) is 0.921. The van der Waals surface area contributed by atoms with Crippen molar-refractivity contribution in [2.75, 3.05) is 13.1 Å². The first-order chi connectivity index (χ1) is 11.4. The number of piperidine rings is 1. The lowest BCUT2D eigenvalue weighted by atomic mass is 9.95. The van der Waals surface area contributed by atoms with E-state index < -0.39 is 6.10 Å². The molecule has 4 nitrogen and oxygen atoms in total. The standard InChI is InChI=1S/C20H26N2O2/c1-13-7-5-6-8-18(13)22-15(3)11-17(16(22)4)20(24)21-10-9-14(2)19(23)12-21/h5-8,11,14,19,23H,9-10,12H2,1-4H3/t14-,19-/m0/s1. The summed E-state index contributed by atoms with van der Waals surface area (Å²) in [6.45, 7) is 9.28. The third kappa shape index (κ3) is 2.86. The smallest absolute Gasteiger partial charge is 0.255 e. The molecule has 2 heterocycles. The van der Waals surface area contributed by atoms with Crippen LogP contribution in [0.15, 0.2) is 30.3 Å². The van der Waals surface area contributed by atoms with Crippen LogP contribution >= 0.6 is 0 Å². The lowest BCUT2D eigenvalue weighted by molar-refractivity contribution is 0.0248. The van der Waals surface area contributed by atoms with Crippen LogP contribution in [0.3, 0.4) is 0 Å². The van der Waals surface area contributed by atoms with Gasteiger partial charge >= 0.3 is 0 Å². The first kappa shape index (κ1) is 16.8. The van der Waals surface area contributed by atoms with Crippen LogP contribution < -0.4 is 0 Å². The van der Waals surface area contributed by atoms with Gasteiger partial charge in [-0.3, -0.25) is 4.79 Å². The average Bonchev–Trinajstić information content (AvgIpc) is 2.85. The molecule has 1 aromatic heterocycles. The number of likely N-dealkylation sites (tertiary alicyclic amines) is 1. The molecule has 1 fully saturated rings. The van der Waals surface area contributed by atoms with E-state index in [1.165, 1.54) is 5.56 Å². The maximum absolute atomic E-state index is 13.0. The molecule has 3 rings (SSSR count). The summed E-state index contributed by atoms with van der Waals surface area (Å²) in [7, 11) is 0. The Kier molecular flexibility index (Phi) is 4.50. The maximum Gasteiger partial charge on any atom is 0.255 e. The Morgan fingerprint density at radius 1 is 1.21 bits per heavy atom. The molecule has 1 aliphatic rings. The number of β-amino-alcohol motifs (C(OH)–C–C–N with tert-alkyl or cyclic N) is 1. The minimum atomic E-state index is -0.428. The minimum Gasteiger partial charge on any atom is -0.391 e. The van der Waals surface area contributed by atoms with Gasteiger partial charge in [-0.2, -0.15) is 0 Å². The fraction of sp³-hybridized carbons (Fsp3) is 0.450. The predicted octanol–water partition coefficient (Wildman–Crippen LogP) is 3.25. The molecular weight excluding hydrogens is 300 g/mol. The molecule has 2 atom stereocenters. The number of aliphatic hydroxyl groups excluding tert-OH is 1. The highest BCUT2D eigenvalue weighted by atomic mass is 16.3. The van der Waals surface area contributed by atoms with E-state index in [1.807, 2.05) is 39.0 Å². The number of aryl methyl sites for hydroxylation is 2. The number of para-hydroxylation sites is 1. The lowest BCUT2D eigenvalue weighted by Gasteiger charge is -2.34. The van der Waals surface area contributed by atoms with Gasteiger partial charge in [-0.15, -0.1) is 0 Å². The molecule has 4 heteroatoms. The monoisotopic (exact) mass is 326 g/mol. The van der Waals surface area contributed by atoms with E-state index in [1.54, 1.807) is 4.90 Å². The van der Waals surface area contributed by atoms with Crippen LogP contribution in [0.4, 0.5) is 0 Å². The Morgan fingerprint density at radius 3 is 2.58 bits per heavy atom. The Morgan fingerprint density at radius 2 is 1.92 bits per heavy atom. The summed E-state index contributed by atoms with van der Waals surface area (Å²) in [5.41, 5.74) is 5.04. The number of carbonyl (C=O) groups is 1. The third-order valence-corrected chi connectivity index (χ3v) is 5.22. The van der Waals surface area contributed by atoms with Gasteiger partial charge in [0.2, 0.25) is 0 Å². The highest BCUT2D eigenvalue weighted by Gasteiger charge is 2.29. The van der Waals surface area contributed by atoms with Crippen molar-refractivity contribution in [1.82, 2.24) is 9.47 Å². The fourth-order valence-corrected chi connectivity index (χ4v) is 3.57. The van der Waals surface area contributed by atoms with Crippen LogP contribution in [0.25, 0.3) is 5.69 Å². The second kappa shape index (κ2) is 6.44. The number of rotatable bonds is 2. The van der Waals surface area contributed by atoms with Gasteiger partial charge in [-0.1, -0.05) is 25.1 Å². The highest BCUT2D eigenvalue weighted by Crippen LogP contribution is 2.26. The number of aromatic nitrogens is 1.